The highest BCUT2D eigenvalue weighted by atomic mass is 35.5. The van der Waals surface area contributed by atoms with Crippen LogP contribution in [0.5, 0.6) is 11.5 Å². The Hall–Kier alpha value is -4.56. The van der Waals surface area contributed by atoms with Crippen LogP contribution in [-0.4, -0.2) is 38.6 Å². The number of allylic oxidation sites excluding steroid dienone is 1. The number of rotatable bonds is 8. The minimum Gasteiger partial charge on any atom is -0.497 e. The van der Waals surface area contributed by atoms with E-state index in [1.54, 1.807) is 92.9 Å². The van der Waals surface area contributed by atoms with Gasteiger partial charge in [-0.05, 0) is 73.2 Å². The first-order chi connectivity index (χ1) is 18.3. The molecule has 3 aromatic carbocycles. The van der Waals surface area contributed by atoms with E-state index in [1.807, 2.05) is 0 Å². The molecule has 1 aliphatic rings. The van der Waals surface area contributed by atoms with Gasteiger partial charge < -0.3 is 19.5 Å². The number of methoxy groups -OCH3 is 2. The maximum absolute atomic E-state index is 13.4. The van der Waals surface area contributed by atoms with Crippen LogP contribution >= 0.6 is 11.6 Å². The van der Waals surface area contributed by atoms with Gasteiger partial charge in [0.1, 0.15) is 11.5 Å². The van der Waals surface area contributed by atoms with Crippen molar-refractivity contribution in [1.82, 2.24) is 0 Å². The minimum absolute atomic E-state index is 0.186. The fourth-order valence-corrected chi connectivity index (χ4v) is 4.15. The van der Waals surface area contributed by atoms with Crippen LogP contribution in [0.2, 0.25) is 5.02 Å². The van der Waals surface area contributed by atoms with Gasteiger partial charge in [0.05, 0.1) is 25.4 Å². The van der Waals surface area contributed by atoms with Gasteiger partial charge >= 0.3 is 5.97 Å². The largest absolute Gasteiger partial charge is 0.497 e. The Morgan fingerprint density at radius 1 is 0.974 bits per heavy atom. The lowest BCUT2D eigenvalue weighted by Crippen LogP contribution is -2.24. The van der Waals surface area contributed by atoms with Crippen molar-refractivity contribution in [3.05, 3.63) is 100 Å². The van der Waals surface area contributed by atoms with Gasteiger partial charge in [0, 0.05) is 22.1 Å². The first-order valence-electron chi connectivity index (χ1n) is 11.6. The molecule has 2 amide bonds. The van der Waals surface area contributed by atoms with Crippen molar-refractivity contribution in [2.75, 3.05) is 31.0 Å². The topological polar surface area (TPSA) is 94.2 Å². The summed E-state index contributed by atoms with van der Waals surface area (Å²) in [7, 11) is 2.83. The second-order valence-corrected chi connectivity index (χ2v) is 8.70. The summed E-state index contributed by atoms with van der Waals surface area (Å²) in [5.74, 6) is -0.187. The average molecular weight is 533 g/mol. The van der Waals surface area contributed by atoms with Gasteiger partial charge in [-0.15, -0.1) is 0 Å². The summed E-state index contributed by atoms with van der Waals surface area (Å²) in [4.78, 5) is 39.7. The molecule has 1 N–H and O–H groups in total. The van der Waals surface area contributed by atoms with Crippen LogP contribution < -0.4 is 19.7 Å². The van der Waals surface area contributed by atoms with Gasteiger partial charge in [-0.2, -0.15) is 0 Å². The molecule has 0 aliphatic carbocycles. The summed E-state index contributed by atoms with van der Waals surface area (Å²) in [5, 5.41) is 3.23. The first-order valence-corrected chi connectivity index (χ1v) is 12.0. The quantitative estimate of drug-likeness (QED) is 0.315. The predicted octanol–water partition coefficient (Wildman–Crippen LogP) is 5.24. The van der Waals surface area contributed by atoms with Crippen LogP contribution in [0.1, 0.15) is 12.5 Å². The normalized spacial score (nSPS) is 14.1. The van der Waals surface area contributed by atoms with Crippen LogP contribution in [0.4, 0.5) is 11.4 Å². The number of esters is 1. The van der Waals surface area contributed by atoms with E-state index in [0.29, 0.717) is 39.2 Å². The SMILES string of the molecule is COC(=O)C1=C(C)N(c2ccc(OC)cc2)C(=O)/C1=C\c1ccc(OCC(=O)Nc2cccc(Cl)c2)cc1. The third-order valence-corrected chi connectivity index (χ3v) is 6.02. The van der Waals surface area contributed by atoms with E-state index >= 15 is 0 Å². The highest BCUT2D eigenvalue weighted by molar-refractivity contribution is 6.31. The number of anilines is 2. The highest BCUT2D eigenvalue weighted by Gasteiger charge is 2.37. The average Bonchev–Trinajstić information content (AvgIpc) is 3.16. The van der Waals surface area contributed by atoms with Gasteiger partial charge in [0.2, 0.25) is 0 Å². The van der Waals surface area contributed by atoms with Crippen LogP contribution in [0.25, 0.3) is 6.08 Å². The highest BCUT2D eigenvalue weighted by Crippen LogP contribution is 2.36. The number of halogens is 1. The van der Waals surface area contributed by atoms with Crippen LogP contribution in [0.3, 0.4) is 0 Å². The van der Waals surface area contributed by atoms with Crippen LogP contribution in [-0.2, 0) is 19.1 Å². The second-order valence-electron chi connectivity index (χ2n) is 8.26. The third-order valence-electron chi connectivity index (χ3n) is 5.79. The van der Waals surface area contributed by atoms with Crippen molar-refractivity contribution in [3.8, 4) is 11.5 Å². The van der Waals surface area contributed by atoms with E-state index in [2.05, 4.69) is 5.32 Å². The Balaban J connectivity index is 1.50. The van der Waals surface area contributed by atoms with E-state index < -0.39 is 5.97 Å². The van der Waals surface area contributed by atoms with Crippen LogP contribution in [0.15, 0.2) is 89.6 Å². The second kappa shape index (κ2) is 11.7. The Bertz CT molecular complexity index is 1430. The van der Waals surface area contributed by atoms with E-state index in [0.717, 1.165) is 0 Å². The fraction of sp³-hybridized carbons (Fsp3) is 0.138. The molecular formula is C29H25ClN2O6. The Morgan fingerprint density at radius 3 is 2.29 bits per heavy atom. The molecule has 1 heterocycles. The summed E-state index contributed by atoms with van der Waals surface area (Å²) >= 11 is 5.93. The number of ether oxygens (including phenoxy) is 3. The number of carbonyl (C=O) groups is 3. The van der Waals surface area contributed by atoms with Crippen molar-refractivity contribution >= 4 is 46.8 Å². The Morgan fingerprint density at radius 2 is 1.66 bits per heavy atom. The zero-order valence-electron chi connectivity index (χ0n) is 21.0. The van der Waals surface area contributed by atoms with Gasteiger partial charge in [-0.3, -0.25) is 14.5 Å². The molecule has 8 nitrogen and oxygen atoms in total. The van der Waals surface area contributed by atoms with Crippen molar-refractivity contribution in [2.45, 2.75) is 6.92 Å². The molecule has 3 aromatic rings. The molecule has 0 bridgehead atoms. The summed E-state index contributed by atoms with van der Waals surface area (Å²) < 4.78 is 15.7. The molecule has 0 unspecified atom stereocenters. The maximum atomic E-state index is 13.4. The molecule has 1 aliphatic heterocycles. The van der Waals surface area contributed by atoms with Crippen molar-refractivity contribution in [2.24, 2.45) is 0 Å². The molecule has 0 fully saturated rings. The molecule has 0 saturated carbocycles. The number of benzene rings is 3. The first kappa shape index (κ1) is 26.5. The van der Waals surface area contributed by atoms with Crippen molar-refractivity contribution in [1.29, 1.82) is 0 Å². The molecule has 0 aromatic heterocycles. The minimum atomic E-state index is -0.608. The van der Waals surface area contributed by atoms with Gasteiger partial charge in [-0.1, -0.05) is 29.8 Å². The molecule has 38 heavy (non-hydrogen) atoms. The van der Waals surface area contributed by atoms with E-state index in [1.165, 1.54) is 12.0 Å². The molecule has 0 atom stereocenters. The monoisotopic (exact) mass is 532 g/mol. The molecule has 0 saturated heterocycles. The van der Waals surface area contributed by atoms with Crippen LogP contribution in [0, 0.1) is 0 Å². The summed E-state index contributed by atoms with van der Waals surface area (Å²) in [6.45, 7) is 1.50. The van der Waals surface area contributed by atoms with E-state index in [4.69, 9.17) is 25.8 Å². The molecule has 0 spiro atoms. The van der Waals surface area contributed by atoms with Gasteiger partial charge in [0.15, 0.2) is 6.61 Å². The zero-order chi connectivity index (χ0) is 27.2. The number of hydrogen-bond acceptors (Lipinski definition) is 6. The van der Waals surface area contributed by atoms with E-state index in [9.17, 15) is 14.4 Å². The maximum Gasteiger partial charge on any atom is 0.340 e. The Kier molecular flexibility index (Phi) is 8.13. The Labute approximate surface area is 225 Å². The predicted molar refractivity (Wildman–Crippen MR) is 145 cm³/mol. The van der Waals surface area contributed by atoms with Gasteiger partial charge in [-0.25, -0.2) is 4.79 Å². The number of nitrogens with zero attached hydrogens (tertiary/aromatic N) is 1. The molecule has 9 heteroatoms. The molecule has 0 radical (unpaired) electrons. The molecule has 4 rings (SSSR count). The number of amides is 2. The summed E-state index contributed by atoms with van der Waals surface area (Å²) in [5.41, 5.74) is 2.69. The zero-order valence-corrected chi connectivity index (χ0v) is 21.7. The lowest BCUT2D eigenvalue weighted by Gasteiger charge is -2.18. The number of nitrogens with one attached hydrogen (secondary N) is 1. The lowest BCUT2D eigenvalue weighted by molar-refractivity contribution is -0.136. The molecule has 194 valence electrons. The lowest BCUT2D eigenvalue weighted by atomic mass is 10.0. The molecular weight excluding hydrogens is 508 g/mol. The van der Waals surface area contributed by atoms with Gasteiger partial charge in [0.25, 0.3) is 11.8 Å². The number of carbonyl (C=O) groups excluding carboxylic acids is 3. The van der Waals surface area contributed by atoms with E-state index in [-0.39, 0.29) is 29.6 Å². The summed E-state index contributed by atoms with van der Waals surface area (Å²) in [6.07, 6.45) is 1.62. The fourth-order valence-electron chi connectivity index (χ4n) is 3.96. The third kappa shape index (κ3) is 5.87. The van der Waals surface area contributed by atoms with Crippen molar-refractivity contribution < 1.29 is 28.6 Å². The summed E-state index contributed by atoms with van der Waals surface area (Å²) in [6, 6.07) is 20.6. The van der Waals surface area contributed by atoms with Crippen molar-refractivity contribution in [3.63, 3.8) is 0 Å². The standard InChI is InChI=1S/C29H25ClN2O6/c1-18-27(29(35)37-3)25(28(34)32(18)22-9-13-23(36-2)14-10-22)15-19-7-11-24(12-8-19)38-17-26(33)31-21-6-4-5-20(30)16-21/h4-16H,17H2,1-3H3,(H,31,33)/b25-15-. The number of hydrogen-bond donors (Lipinski definition) is 1. The smallest absolute Gasteiger partial charge is 0.340 e.